The van der Waals surface area contributed by atoms with Gasteiger partial charge in [-0.3, -0.25) is 0 Å². The summed E-state index contributed by atoms with van der Waals surface area (Å²) in [6.45, 7) is 5.23. The van der Waals surface area contributed by atoms with E-state index in [2.05, 4.69) is 178 Å². The fraction of sp³-hybridized carbons (Fsp3) is 0.130. The predicted molar refractivity (Wildman–Crippen MR) is 197 cm³/mol. The first kappa shape index (κ1) is 29.2. The van der Waals surface area contributed by atoms with Gasteiger partial charge in [-0.1, -0.05) is 172 Å². The Balaban J connectivity index is 1.32. The second-order valence-corrected chi connectivity index (χ2v) is 13.4. The lowest BCUT2D eigenvalue weighted by Gasteiger charge is -2.46. The van der Waals surface area contributed by atoms with Crippen LogP contribution in [0, 0.1) is 0 Å². The molecule has 0 heterocycles. The van der Waals surface area contributed by atoms with Crippen LogP contribution in [0.5, 0.6) is 0 Å². The van der Waals surface area contributed by atoms with Crippen molar-refractivity contribution in [1.82, 2.24) is 0 Å². The molecule has 6 aromatic carbocycles. The first-order chi connectivity index (χ1) is 23.0. The molecule has 2 aliphatic carbocycles. The normalized spacial score (nSPS) is 15.3. The lowest BCUT2D eigenvalue weighted by molar-refractivity contribution is 0.563. The van der Waals surface area contributed by atoms with Crippen LogP contribution in [0.3, 0.4) is 0 Å². The first-order valence-electron chi connectivity index (χ1n) is 16.7. The molecule has 1 nitrogen and oxygen atoms in total. The van der Waals surface area contributed by atoms with Gasteiger partial charge in [0.05, 0.1) is 5.41 Å². The molecule has 0 saturated carbocycles. The third kappa shape index (κ3) is 4.57. The van der Waals surface area contributed by atoms with Crippen molar-refractivity contribution in [3.05, 3.63) is 213 Å². The highest BCUT2D eigenvalue weighted by Gasteiger charge is 2.53. The third-order valence-electron chi connectivity index (χ3n) is 10.5. The Morgan fingerprint density at radius 1 is 0.596 bits per heavy atom. The molecule has 8 rings (SSSR count). The Kier molecular flexibility index (Phi) is 7.16. The first-order valence-corrected chi connectivity index (χ1v) is 16.7. The van der Waals surface area contributed by atoms with Gasteiger partial charge < -0.3 is 5.73 Å². The second kappa shape index (κ2) is 11.5. The number of allylic oxidation sites excluding steroid dienone is 3. The number of hydrogen-bond acceptors (Lipinski definition) is 1. The molecule has 0 fully saturated rings. The van der Waals surface area contributed by atoms with Crippen molar-refractivity contribution < 1.29 is 0 Å². The monoisotopic (exact) mass is 605 g/mol. The highest BCUT2D eigenvalue weighted by atomic mass is 14.6. The van der Waals surface area contributed by atoms with E-state index in [0.717, 1.165) is 6.42 Å². The summed E-state index contributed by atoms with van der Waals surface area (Å²) >= 11 is 0. The van der Waals surface area contributed by atoms with E-state index < -0.39 is 5.41 Å². The molecule has 47 heavy (non-hydrogen) atoms. The van der Waals surface area contributed by atoms with Crippen LogP contribution in [0.15, 0.2) is 158 Å². The molecule has 0 aromatic heterocycles. The van der Waals surface area contributed by atoms with Crippen molar-refractivity contribution in [3.8, 4) is 11.1 Å². The molecule has 1 spiro atoms. The van der Waals surface area contributed by atoms with Gasteiger partial charge in [0.2, 0.25) is 0 Å². The van der Waals surface area contributed by atoms with Crippen LogP contribution in [0.25, 0.3) is 22.8 Å². The van der Waals surface area contributed by atoms with Crippen molar-refractivity contribution in [2.45, 2.75) is 37.6 Å². The zero-order valence-corrected chi connectivity index (χ0v) is 27.1. The van der Waals surface area contributed by atoms with E-state index in [9.17, 15) is 0 Å². The number of hydrogen-bond donors (Lipinski definition) is 1. The second-order valence-electron chi connectivity index (χ2n) is 13.4. The zero-order valence-electron chi connectivity index (χ0n) is 27.1. The molecule has 0 amide bonds. The predicted octanol–water partition coefficient (Wildman–Crippen LogP) is 10.5. The van der Waals surface area contributed by atoms with E-state index in [-0.39, 0.29) is 5.41 Å². The summed E-state index contributed by atoms with van der Waals surface area (Å²) < 4.78 is 0. The fourth-order valence-corrected chi connectivity index (χ4v) is 8.27. The van der Waals surface area contributed by atoms with Crippen molar-refractivity contribution in [1.29, 1.82) is 0 Å². The molecule has 2 N–H and O–H groups in total. The molecule has 1 heteroatoms. The summed E-state index contributed by atoms with van der Waals surface area (Å²) in [7, 11) is 0. The molecule has 0 unspecified atom stereocenters. The maximum atomic E-state index is 6.49. The van der Waals surface area contributed by atoms with Gasteiger partial charge in [-0.15, -0.1) is 0 Å². The maximum Gasteiger partial charge on any atom is 0.0719 e. The minimum absolute atomic E-state index is 0.116. The Hall–Kier alpha value is -5.24. The third-order valence-corrected chi connectivity index (χ3v) is 10.5. The molecule has 0 atom stereocenters. The van der Waals surface area contributed by atoms with Gasteiger partial charge in [0.25, 0.3) is 0 Å². The molecular weight excluding hydrogens is 567 g/mol. The quantitative estimate of drug-likeness (QED) is 0.188. The minimum atomic E-state index is -0.411. The number of nitrogens with two attached hydrogens (primary N) is 1. The fourth-order valence-electron chi connectivity index (χ4n) is 8.27. The highest BCUT2D eigenvalue weighted by molar-refractivity contribution is 5.91. The SMILES string of the molecule is CC1(C)c2ccccc2C2(c3ccc(/C=C/C(=C\Cc4ccccc4)c4ccccc4)cc3-c3c(CN)cccc32)c2ccccc21. The Morgan fingerprint density at radius 2 is 1.19 bits per heavy atom. The van der Waals surface area contributed by atoms with Crippen LogP contribution in [0.1, 0.15) is 69.5 Å². The van der Waals surface area contributed by atoms with Crippen LogP contribution in [0.2, 0.25) is 0 Å². The van der Waals surface area contributed by atoms with E-state index in [1.54, 1.807) is 0 Å². The van der Waals surface area contributed by atoms with Gasteiger partial charge in [0, 0.05) is 12.0 Å². The van der Waals surface area contributed by atoms with Crippen molar-refractivity contribution in [2.75, 3.05) is 0 Å². The van der Waals surface area contributed by atoms with Crippen LogP contribution in [-0.4, -0.2) is 0 Å². The summed E-state index contributed by atoms with van der Waals surface area (Å²) in [6.07, 6.45) is 7.76. The van der Waals surface area contributed by atoms with Gasteiger partial charge in [0.1, 0.15) is 0 Å². The van der Waals surface area contributed by atoms with E-state index in [0.29, 0.717) is 6.54 Å². The Labute approximate surface area is 278 Å². The number of rotatable bonds is 6. The van der Waals surface area contributed by atoms with E-state index >= 15 is 0 Å². The van der Waals surface area contributed by atoms with Gasteiger partial charge in [-0.05, 0) is 84.8 Å². The van der Waals surface area contributed by atoms with E-state index in [1.807, 2.05) is 0 Å². The van der Waals surface area contributed by atoms with Crippen LogP contribution in [0.4, 0.5) is 0 Å². The summed E-state index contributed by atoms with van der Waals surface area (Å²) in [6, 6.07) is 53.4. The van der Waals surface area contributed by atoms with Crippen molar-refractivity contribution >= 4 is 11.6 Å². The Bertz CT molecular complexity index is 2120. The largest absolute Gasteiger partial charge is 0.326 e. The van der Waals surface area contributed by atoms with Gasteiger partial charge in [0.15, 0.2) is 0 Å². The van der Waals surface area contributed by atoms with Gasteiger partial charge >= 0.3 is 0 Å². The molecular formula is C46H39N. The summed E-state index contributed by atoms with van der Waals surface area (Å²) in [5.41, 5.74) is 22.8. The molecule has 0 bridgehead atoms. The summed E-state index contributed by atoms with van der Waals surface area (Å²) in [4.78, 5) is 0. The zero-order chi connectivity index (χ0) is 32.0. The molecule has 6 aromatic rings. The van der Waals surface area contributed by atoms with Gasteiger partial charge in [-0.25, -0.2) is 0 Å². The topological polar surface area (TPSA) is 26.0 Å². The van der Waals surface area contributed by atoms with Crippen LogP contribution in [-0.2, 0) is 23.8 Å². The molecule has 2 aliphatic rings. The summed E-state index contributed by atoms with van der Waals surface area (Å²) in [5, 5.41) is 0. The minimum Gasteiger partial charge on any atom is -0.326 e. The van der Waals surface area contributed by atoms with Crippen molar-refractivity contribution in [2.24, 2.45) is 5.73 Å². The van der Waals surface area contributed by atoms with E-state index in [4.69, 9.17) is 5.73 Å². The lowest BCUT2D eigenvalue weighted by atomic mass is 9.55. The number of benzene rings is 6. The van der Waals surface area contributed by atoms with Crippen LogP contribution >= 0.6 is 0 Å². The smallest absolute Gasteiger partial charge is 0.0719 e. The highest BCUT2D eigenvalue weighted by Crippen LogP contribution is 2.62. The summed E-state index contributed by atoms with van der Waals surface area (Å²) in [5.74, 6) is 0. The average Bonchev–Trinajstić information content (AvgIpc) is 3.42. The average molecular weight is 606 g/mol. The lowest BCUT2D eigenvalue weighted by Crippen LogP contribution is -2.40. The van der Waals surface area contributed by atoms with E-state index in [1.165, 1.54) is 72.3 Å². The van der Waals surface area contributed by atoms with Gasteiger partial charge in [-0.2, -0.15) is 0 Å². The number of fused-ring (bicyclic) bond motifs is 9. The molecule has 0 aliphatic heterocycles. The molecule has 0 saturated heterocycles. The molecule has 0 radical (unpaired) electrons. The van der Waals surface area contributed by atoms with Crippen molar-refractivity contribution in [3.63, 3.8) is 0 Å². The Morgan fingerprint density at radius 3 is 1.85 bits per heavy atom. The standard InChI is InChI=1S/C46H39N/c1-45(2)39-19-9-11-21-41(39)46(42-22-12-10-20-40(42)45)38-29-26-33(30-37(38)44-36(31-47)18-13-23-43(44)46)25-28-35(34-16-7-4-8-17-34)27-24-32-14-5-3-6-15-32/h3-23,25-30H,24,31,47H2,1-2H3/b28-25+,35-27+. The maximum absolute atomic E-state index is 6.49. The van der Waals surface area contributed by atoms with Crippen LogP contribution < -0.4 is 5.73 Å². The molecule has 228 valence electrons.